The van der Waals surface area contributed by atoms with Gasteiger partial charge in [-0.25, -0.2) is 0 Å². The Morgan fingerprint density at radius 1 is 1.53 bits per heavy atom. The number of hydrogen-bond acceptors (Lipinski definition) is 2. The second-order valence-electron chi connectivity index (χ2n) is 3.76. The van der Waals surface area contributed by atoms with E-state index in [9.17, 15) is 18.0 Å². The maximum absolute atomic E-state index is 12.1. The number of benzene rings is 1. The van der Waals surface area contributed by atoms with E-state index in [4.69, 9.17) is 11.2 Å². The van der Waals surface area contributed by atoms with Crippen LogP contribution in [0.4, 0.5) is 13.2 Å². The molecule has 1 rings (SSSR count). The summed E-state index contributed by atoms with van der Waals surface area (Å²) in [6.45, 7) is 1.51. The first-order valence-electron chi connectivity index (χ1n) is 5.38. The molecule has 0 saturated carbocycles. The molecule has 19 heavy (non-hydrogen) atoms. The van der Waals surface area contributed by atoms with Crippen LogP contribution in [0.3, 0.4) is 0 Å². The molecule has 0 aromatic heterocycles. The third-order valence-corrected chi connectivity index (χ3v) is 2.29. The summed E-state index contributed by atoms with van der Waals surface area (Å²) in [4.78, 5) is 10.8. The highest BCUT2D eigenvalue weighted by atomic mass is 19.4. The average molecular weight is 271 g/mol. The lowest BCUT2D eigenvalue weighted by Crippen LogP contribution is -2.38. The molecule has 0 saturated heterocycles. The molecule has 0 radical (unpaired) electrons. The average Bonchev–Trinajstić information content (AvgIpc) is 2.35. The second-order valence-corrected chi connectivity index (χ2v) is 3.76. The van der Waals surface area contributed by atoms with Gasteiger partial charge in [0, 0.05) is 0 Å². The van der Waals surface area contributed by atoms with Crippen LogP contribution in [-0.4, -0.2) is 18.7 Å². The first-order valence-corrected chi connectivity index (χ1v) is 5.38. The van der Waals surface area contributed by atoms with Crippen LogP contribution in [0.25, 0.3) is 0 Å². The van der Waals surface area contributed by atoms with Gasteiger partial charge in [-0.2, -0.15) is 13.2 Å². The van der Waals surface area contributed by atoms with Gasteiger partial charge in [-0.15, -0.1) is 6.42 Å². The van der Waals surface area contributed by atoms with Crippen molar-refractivity contribution >= 4 is 5.91 Å². The number of terminal acetylenes is 1. The van der Waals surface area contributed by atoms with Gasteiger partial charge < -0.3 is 10.1 Å². The van der Waals surface area contributed by atoms with E-state index in [2.05, 4.69) is 5.92 Å². The van der Waals surface area contributed by atoms with Gasteiger partial charge in [0.2, 0.25) is 0 Å². The Balaban J connectivity index is 2.75. The zero-order chi connectivity index (χ0) is 14.5. The Morgan fingerprint density at radius 3 is 2.79 bits per heavy atom. The molecule has 1 atom stereocenters. The normalized spacial score (nSPS) is 12.4. The first kappa shape index (κ1) is 14.9. The third kappa shape index (κ3) is 4.54. The number of ether oxygens (including phenoxy) is 1. The van der Waals surface area contributed by atoms with Crippen LogP contribution < -0.4 is 10.1 Å². The van der Waals surface area contributed by atoms with Gasteiger partial charge >= 0.3 is 12.1 Å². The van der Waals surface area contributed by atoms with Crippen LogP contribution in [0.1, 0.15) is 18.5 Å². The molecule has 3 nitrogen and oxygen atoms in total. The van der Waals surface area contributed by atoms with E-state index >= 15 is 0 Å². The summed E-state index contributed by atoms with van der Waals surface area (Å²) in [5.74, 6) is 0.733. The molecule has 0 aliphatic heterocycles. The molecule has 1 aromatic carbocycles. The predicted molar refractivity (Wildman–Crippen MR) is 63.4 cm³/mol. The van der Waals surface area contributed by atoms with Gasteiger partial charge in [-0.1, -0.05) is 18.1 Å². The molecule has 0 aliphatic carbocycles. The second kappa shape index (κ2) is 6.14. The Bertz CT molecular complexity index is 491. The van der Waals surface area contributed by atoms with E-state index < -0.39 is 18.1 Å². The number of hydrogen-bond donors (Lipinski definition) is 1. The van der Waals surface area contributed by atoms with E-state index in [0.29, 0.717) is 11.3 Å². The molecule has 102 valence electrons. The Hall–Kier alpha value is -2.16. The topological polar surface area (TPSA) is 38.3 Å². The van der Waals surface area contributed by atoms with Crippen LogP contribution in [0, 0.1) is 12.3 Å². The maximum Gasteiger partial charge on any atom is 0.471 e. The maximum atomic E-state index is 12.1. The van der Waals surface area contributed by atoms with Crippen molar-refractivity contribution in [3.8, 4) is 18.1 Å². The Labute approximate surface area is 108 Å². The van der Waals surface area contributed by atoms with Gasteiger partial charge in [-0.05, 0) is 24.6 Å². The standard InChI is InChI=1S/C13H12F3NO2/c1-3-7-19-11-6-4-5-10(8-11)9(2)17-12(18)13(14,15)16/h1,4-6,8-9H,7H2,2H3,(H,17,18)/t9-/m1/s1. The number of nitrogens with one attached hydrogen (secondary N) is 1. The minimum atomic E-state index is -4.90. The van der Waals surface area contributed by atoms with Crippen molar-refractivity contribution in [3.63, 3.8) is 0 Å². The number of carbonyl (C=O) groups is 1. The number of alkyl halides is 3. The van der Waals surface area contributed by atoms with Crippen molar-refractivity contribution in [1.29, 1.82) is 0 Å². The largest absolute Gasteiger partial charge is 0.481 e. The quantitative estimate of drug-likeness (QED) is 0.854. The Kier molecular flexibility index (Phi) is 4.81. The number of halogens is 3. The van der Waals surface area contributed by atoms with Crippen molar-refractivity contribution < 1.29 is 22.7 Å². The summed E-state index contributed by atoms with van der Waals surface area (Å²) in [5.41, 5.74) is 0.493. The van der Waals surface area contributed by atoms with E-state index in [1.54, 1.807) is 18.2 Å². The van der Waals surface area contributed by atoms with Gasteiger partial charge in [0.1, 0.15) is 12.4 Å². The lowest BCUT2D eigenvalue weighted by Gasteiger charge is -2.16. The van der Waals surface area contributed by atoms with Crippen molar-refractivity contribution in [2.75, 3.05) is 6.61 Å². The predicted octanol–water partition coefficient (Wildman–Crippen LogP) is 2.44. The summed E-state index contributed by atoms with van der Waals surface area (Å²) >= 11 is 0. The van der Waals surface area contributed by atoms with Crippen LogP contribution >= 0.6 is 0 Å². The van der Waals surface area contributed by atoms with Crippen molar-refractivity contribution in [2.45, 2.75) is 19.1 Å². The van der Waals surface area contributed by atoms with Crippen LogP contribution in [0.5, 0.6) is 5.75 Å². The molecule has 0 unspecified atom stereocenters. The fourth-order valence-corrected chi connectivity index (χ4v) is 1.36. The molecule has 0 aliphatic rings. The number of carbonyl (C=O) groups excluding carboxylic acids is 1. The van der Waals surface area contributed by atoms with Crippen LogP contribution in [0.2, 0.25) is 0 Å². The molecule has 0 fully saturated rings. The van der Waals surface area contributed by atoms with Crippen molar-refractivity contribution in [3.05, 3.63) is 29.8 Å². The van der Waals surface area contributed by atoms with Crippen molar-refractivity contribution in [2.24, 2.45) is 0 Å². The lowest BCUT2D eigenvalue weighted by atomic mass is 10.1. The van der Waals surface area contributed by atoms with E-state index in [1.165, 1.54) is 13.0 Å². The fraction of sp³-hybridized carbons (Fsp3) is 0.308. The third-order valence-electron chi connectivity index (χ3n) is 2.29. The highest BCUT2D eigenvalue weighted by Gasteiger charge is 2.39. The van der Waals surface area contributed by atoms with Crippen LogP contribution in [-0.2, 0) is 4.79 Å². The Morgan fingerprint density at radius 2 is 2.21 bits per heavy atom. The fourth-order valence-electron chi connectivity index (χ4n) is 1.36. The highest BCUT2D eigenvalue weighted by Crippen LogP contribution is 2.21. The SMILES string of the molecule is C#CCOc1cccc([C@@H](C)NC(=O)C(F)(F)F)c1. The van der Waals surface area contributed by atoms with E-state index in [-0.39, 0.29) is 6.61 Å². The monoisotopic (exact) mass is 271 g/mol. The van der Waals surface area contributed by atoms with Gasteiger partial charge in [0.05, 0.1) is 6.04 Å². The summed E-state index contributed by atoms with van der Waals surface area (Å²) in [6, 6.07) is 5.56. The molecule has 0 heterocycles. The van der Waals surface area contributed by atoms with Gasteiger partial charge in [0.25, 0.3) is 0 Å². The van der Waals surface area contributed by atoms with E-state index in [1.807, 2.05) is 5.32 Å². The first-order chi connectivity index (χ1) is 8.84. The molecular formula is C13H12F3NO2. The van der Waals surface area contributed by atoms with Crippen molar-refractivity contribution in [1.82, 2.24) is 5.32 Å². The minimum Gasteiger partial charge on any atom is -0.481 e. The lowest BCUT2D eigenvalue weighted by molar-refractivity contribution is -0.174. The molecule has 6 heteroatoms. The molecule has 0 bridgehead atoms. The van der Waals surface area contributed by atoms with Crippen LogP contribution in [0.15, 0.2) is 24.3 Å². The van der Waals surface area contributed by atoms with Gasteiger partial charge in [0.15, 0.2) is 0 Å². The zero-order valence-corrected chi connectivity index (χ0v) is 10.1. The molecule has 1 amide bonds. The molecule has 1 aromatic rings. The zero-order valence-electron chi connectivity index (χ0n) is 10.1. The van der Waals surface area contributed by atoms with E-state index in [0.717, 1.165) is 0 Å². The summed E-state index contributed by atoms with van der Waals surface area (Å²) in [6.07, 6.45) is 0.134. The molecular weight excluding hydrogens is 259 g/mol. The smallest absolute Gasteiger partial charge is 0.471 e. The molecule has 0 spiro atoms. The highest BCUT2D eigenvalue weighted by molar-refractivity contribution is 5.82. The summed E-state index contributed by atoms with van der Waals surface area (Å²) in [5, 5.41) is 1.86. The summed E-state index contributed by atoms with van der Waals surface area (Å²) in [7, 11) is 0. The number of rotatable bonds is 4. The van der Waals surface area contributed by atoms with Gasteiger partial charge in [-0.3, -0.25) is 4.79 Å². The minimum absolute atomic E-state index is 0.0622. The molecule has 1 N–H and O–H groups in total. The number of amides is 1. The summed E-state index contributed by atoms with van der Waals surface area (Å²) < 4.78 is 41.5.